The van der Waals surface area contributed by atoms with E-state index < -0.39 is 11.6 Å². The first-order valence-electron chi connectivity index (χ1n) is 5.16. The summed E-state index contributed by atoms with van der Waals surface area (Å²) in [4.78, 5) is 0. The summed E-state index contributed by atoms with van der Waals surface area (Å²) in [6.45, 7) is 2.14. The van der Waals surface area contributed by atoms with Gasteiger partial charge in [0.15, 0.2) is 0 Å². The highest BCUT2D eigenvalue weighted by Crippen LogP contribution is 2.43. The van der Waals surface area contributed by atoms with Crippen LogP contribution in [0, 0.1) is 23.5 Å². The number of benzene rings is 1. The second-order valence-corrected chi connectivity index (χ2v) is 4.89. The van der Waals surface area contributed by atoms with Gasteiger partial charge in [-0.2, -0.15) is 0 Å². The zero-order valence-electron chi connectivity index (χ0n) is 8.51. The minimum Gasteiger partial charge on any atom is -0.207 e. The molecule has 1 aromatic rings. The zero-order chi connectivity index (χ0) is 11.0. The molecule has 82 valence electrons. The van der Waals surface area contributed by atoms with Crippen molar-refractivity contribution in [2.45, 2.75) is 25.1 Å². The SMILES string of the molecule is CC1CC1C(Cl)Cc1ccc(F)cc1F. The minimum absolute atomic E-state index is 0.0278. The van der Waals surface area contributed by atoms with Gasteiger partial charge in [-0.15, -0.1) is 11.6 Å². The highest BCUT2D eigenvalue weighted by atomic mass is 35.5. The summed E-state index contributed by atoms with van der Waals surface area (Å²) in [6.07, 6.45) is 1.61. The first kappa shape index (κ1) is 10.9. The molecule has 0 aliphatic heterocycles. The number of hydrogen-bond acceptors (Lipinski definition) is 0. The molecule has 0 N–H and O–H groups in total. The molecule has 0 radical (unpaired) electrons. The van der Waals surface area contributed by atoms with Gasteiger partial charge in [-0.1, -0.05) is 13.0 Å². The molecule has 0 saturated heterocycles. The highest BCUT2D eigenvalue weighted by Gasteiger charge is 2.38. The lowest BCUT2D eigenvalue weighted by Gasteiger charge is -2.09. The second kappa shape index (κ2) is 4.09. The van der Waals surface area contributed by atoms with Gasteiger partial charge in [0.1, 0.15) is 11.6 Å². The van der Waals surface area contributed by atoms with Crippen molar-refractivity contribution in [3.05, 3.63) is 35.4 Å². The summed E-state index contributed by atoms with van der Waals surface area (Å²) in [5.74, 6) is 0.114. The Kier molecular flexibility index (Phi) is 2.96. The molecule has 1 saturated carbocycles. The maximum absolute atomic E-state index is 13.3. The first-order chi connectivity index (χ1) is 7.08. The van der Waals surface area contributed by atoms with Crippen LogP contribution in [0.3, 0.4) is 0 Å². The van der Waals surface area contributed by atoms with Gasteiger partial charge in [0.25, 0.3) is 0 Å². The summed E-state index contributed by atoms with van der Waals surface area (Å²) in [7, 11) is 0. The molecule has 1 aromatic carbocycles. The molecule has 0 heterocycles. The lowest BCUT2D eigenvalue weighted by molar-refractivity contribution is 0.564. The van der Waals surface area contributed by atoms with Crippen molar-refractivity contribution in [1.82, 2.24) is 0 Å². The largest absolute Gasteiger partial charge is 0.207 e. The molecular weight excluding hydrogens is 218 g/mol. The van der Waals surface area contributed by atoms with E-state index in [9.17, 15) is 8.78 Å². The van der Waals surface area contributed by atoms with Crippen LogP contribution >= 0.6 is 11.6 Å². The third-order valence-electron chi connectivity index (χ3n) is 3.07. The fourth-order valence-corrected chi connectivity index (χ4v) is 2.42. The van der Waals surface area contributed by atoms with E-state index in [0.29, 0.717) is 23.8 Å². The molecule has 2 rings (SSSR count). The summed E-state index contributed by atoms with van der Waals surface area (Å²) >= 11 is 6.16. The van der Waals surface area contributed by atoms with Crippen molar-refractivity contribution < 1.29 is 8.78 Å². The predicted molar refractivity (Wildman–Crippen MR) is 57.0 cm³/mol. The van der Waals surface area contributed by atoms with E-state index >= 15 is 0 Å². The number of alkyl halides is 1. The number of halogens is 3. The van der Waals surface area contributed by atoms with Crippen LogP contribution in [0.5, 0.6) is 0 Å². The van der Waals surface area contributed by atoms with Crippen LogP contribution in [0.25, 0.3) is 0 Å². The molecule has 1 fully saturated rings. The van der Waals surface area contributed by atoms with Crippen molar-refractivity contribution in [3.8, 4) is 0 Å². The number of rotatable bonds is 3. The summed E-state index contributed by atoms with van der Waals surface area (Å²) in [6, 6.07) is 3.67. The molecule has 0 amide bonds. The van der Waals surface area contributed by atoms with Crippen LogP contribution in [0.1, 0.15) is 18.9 Å². The smallest absolute Gasteiger partial charge is 0.129 e. The van der Waals surface area contributed by atoms with Crippen molar-refractivity contribution in [2.75, 3.05) is 0 Å². The van der Waals surface area contributed by atoms with Crippen LogP contribution in [0.2, 0.25) is 0 Å². The van der Waals surface area contributed by atoms with Gasteiger partial charge in [0.2, 0.25) is 0 Å². The van der Waals surface area contributed by atoms with Crippen molar-refractivity contribution in [2.24, 2.45) is 11.8 Å². The van der Waals surface area contributed by atoms with E-state index in [1.165, 1.54) is 12.1 Å². The molecule has 0 aromatic heterocycles. The fraction of sp³-hybridized carbons (Fsp3) is 0.500. The monoisotopic (exact) mass is 230 g/mol. The normalized spacial score (nSPS) is 26.4. The molecule has 0 spiro atoms. The predicted octanol–water partition coefficient (Wildman–Crippen LogP) is 3.77. The van der Waals surface area contributed by atoms with Crippen LogP contribution in [-0.2, 0) is 6.42 Å². The topological polar surface area (TPSA) is 0 Å². The minimum atomic E-state index is -0.540. The van der Waals surface area contributed by atoms with E-state index in [2.05, 4.69) is 6.92 Å². The van der Waals surface area contributed by atoms with Crippen LogP contribution < -0.4 is 0 Å². The Morgan fingerprint density at radius 1 is 1.47 bits per heavy atom. The van der Waals surface area contributed by atoms with Gasteiger partial charge in [0.05, 0.1) is 0 Å². The Labute approximate surface area is 93.2 Å². The number of hydrogen-bond donors (Lipinski definition) is 0. The van der Waals surface area contributed by atoms with E-state index in [1.54, 1.807) is 0 Å². The van der Waals surface area contributed by atoms with Crippen LogP contribution in [-0.4, -0.2) is 5.38 Å². The van der Waals surface area contributed by atoms with Crippen LogP contribution in [0.15, 0.2) is 18.2 Å². The van der Waals surface area contributed by atoms with Gasteiger partial charge in [-0.05, 0) is 36.3 Å². The molecule has 1 aliphatic rings. The first-order valence-corrected chi connectivity index (χ1v) is 5.59. The Bertz CT molecular complexity index is 365. The van der Waals surface area contributed by atoms with Crippen molar-refractivity contribution in [1.29, 1.82) is 0 Å². The van der Waals surface area contributed by atoms with E-state index in [4.69, 9.17) is 11.6 Å². The Balaban J connectivity index is 2.04. The van der Waals surface area contributed by atoms with Gasteiger partial charge < -0.3 is 0 Å². The maximum Gasteiger partial charge on any atom is 0.129 e. The molecule has 3 atom stereocenters. The maximum atomic E-state index is 13.3. The summed E-state index contributed by atoms with van der Waals surface area (Å²) < 4.78 is 25.9. The molecule has 3 heteroatoms. The van der Waals surface area contributed by atoms with Crippen molar-refractivity contribution >= 4 is 11.6 Å². The Hall–Kier alpha value is -0.630. The third kappa shape index (κ3) is 2.49. The average molecular weight is 231 g/mol. The van der Waals surface area contributed by atoms with Gasteiger partial charge >= 0.3 is 0 Å². The van der Waals surface area contributed by atoms with Gasteiger partial charge in [-0.25, -0.2) is 8.78 Å². The third-order valence-corrected chi connectivity index (χ3v) is 3.54. The fourth-order valence-electron chi connectivity index (χ4n) is 1.90. The van der Waals surface area contributed by atoms with Crippen molar-refractivity contribution in [3.63, 3.8) is 0 Å². The van der Waals surface area contributed by atoms with E-state index in [0.717, 1.165) is 12.5 Å². The summed E-state index contributed by atoms with van der Waals surface area (Å²) in [5, 5.41) is -0.0278. The Morgan fingerprint density at radius 2 is 2.13 bits per heavy atom. The molecule has 1 aliphatic carbocycles. The molecule has 0 nitrogen and oxygen atoms in total. The Morgan fingerprint density at radius 3 is 2.67 bits per heavy atom. The second-order valence-electron chi connectivity index (χ2n) is 4.33. The van der Waals surface area contributed by atoms with E-state index in [1.807, 2.05) is 0 Å². The van der Waals surface area contributed by atoms with Crippen LogP contribution in [0.4, 0.5) is 8.78 Å². The highest BCUT2D eigenvalue weighted by molar-refractivity contribution is 6.21. The molecular formula is C12H13ClF2. The molecule has 0 bridgehead atoms. The summed E-state index contributed by atoms with van der Waals surface area (Å²) in [5.41, 5.74) is 0.510. The lowest BCUT2D eigenvalue weighted by atomic mass is 10.1. The quantitative estimate of drug-likeness (QED) is 0.694. The van der Waals surface area contributed by atoms with Gasteiger partial charge in [-0.3, -0.25) is 0 Å². The molecule has 3 unspecified atom stereocenters. The molecule has 15 heavy (non-hydrogen) atoms. The zero-order valence-corrected chi connectivity index (χ0v) is 9.27. The average Bonchev–Trinajstić information content (AvgIpc) is 2.88. The standard InChI is InChI=1S/C12H13ClF2/c1-7-4-10(7)11(13)5-8-2-3-9(14)6-12(8)15/h2-3,6-7,10-11H,4-5H2,1H3. The lowest BCUT2D eigenvalue weighted by Crippen LogP contribution is -2.08. The van der Waals surface area contributed by atoms with Gasteiger partial charge in [0, 0.05) is 11.4 Å². The van der Waals surface area contributed by atoms with E-state index in [-0.39, 0.29) is 5.38 Å².